The predicted octanol–water partition coefficient (Wildman–Crippen LogP) is 16.0. The summed E-state index contributed by atoms with van der Waals surface area (Å²) < 4.78 is 2.64. The lowest BCUT2D eigenvalue weighted by Crippen LogP contribution is -2.10. The standard InChI is InChI=1S/C54H35NS/c1-2-13-36(14-3-1)37-25-28-42(29-26-37)55(44-30-27-38-33-52-50-23-10-11-24-53(50)56-54(52)35-41(38)32-44)43-17-12-16-39(31-43)45-19-6-7-21-48(45)51-34-40-15-4-5-18-46(40)47-20-8-9-22-49(47)51/h1-35H. The van der Waals surface area contributed by atoms with Gasteiger partial charge in [-0.3, -0.25) is 0 Å². The maximum Gasteiger partial charge on any atom is 0.0468 e. The first kappa shape index (κ1) is 32.4. The van der Waals surface area contributed by atoms with Gasteiger partial charge in [-0.05, 0) is 126 Å². The number of hydrogen-bond acceptors (Lipinski definition) is 2. The zero-order valence-electron chi connectivity index (χ0n) is 30.6. The van der Waals surface area contributed by atoms with Crippen molar-refractivity contribution >= 4 is 80.9 Å². The molecule has 10 aromatic carbocycles. The van der Waals surface area contributed by atoms with Crippen LogP contribution in [0.1, 0.15) is 0 Å². The van der Waals surface area contributed by atoms with Gasteiger partial charge in [-0.1, -0.05) is 152 Å². The molecule has 0 atom stereocenters. The van der Waals surface area contributed by atoms with E-state index in [9.17, 15) is 0 Å². The Bertz CT molecular complexity index is 3250. The van der Waals surface area contributed by atoms with Crippen molar-refractivity contribution in [2.45, 2.75) is 0 Å². The van der Waals surface area contributed by atoms with Crippen LogP contribution in [0.15, 0.2) is 212 Å². The molecule has 11 aromatic rings. The molecule has 262 valence electrons. The number of hydrogen-bond donors (Lipinski definition) is 0. The SMILES string of the molecule is c1ccc(-c2ccc(N(c3cccc(-c4ccccc4-c4cc5ccccc5c5ccccc45)c3)c3ccc4cc5c(cc4c3)sc3ccccc35)cc2)cc1. The number of thiophene rings is 1. The molecular weight excluding hydrogens is 695 g/mol. The molecule has 0 aliphatic heterocycles. The molecule has 0 fully saturated rings. The molecule has 0 unspecified atom stereocenters. The summed E-state index contributed by atoms with van der Waals surface area (Å²) in [5, 5.41) is 10.2. The second-order valence-electron chi connectivity index (χ2n) is 14.5. The summed E-state index contributed by atoms with van der Waals surface area (Å²) >= 11 is 1.87. The van der Waals surface area contributed by atoms with Gasteiger partial charge in [-0.15, -0.1) is 11.3 Å². The van der Waals surface area contributed by atoms with Crippen molar-refractivity contribution < 1.29 is 0 Å². The number of benzene rings is 10. The Morgan fingerprint density at radius 3 is 1.77 bits per heavy atom. The fraction of sp³-hybridized carbons (Fsp3) is 0. The van der Waals surface area contributed by atoms with Crippen LogP contribution in [-0.4, -0.2) is 0 Å². The van der Waals surface area contributed by atoms with Crippen LogP contribution >= 0.6 is 11.3 Å². The third-order valence-electron chi connectivity index (χ3n) is 11.2. The van der Waals surface area contributed by atoms with Crippen LogP contribution < -0.4 is 4.90 Å². The van der Waals surface area contributed by atoms with Gasteiger partial charge in [-0.2, -0.15) is 0 Å². The Labute approximate surface area is 330 Å². The fourth-order valence-electron chi connectivity index (χ4n) is 8.53. The molecule has 0 aliphatic rings. The Morgan fingerprint density at radius 1 is 0.268 bits per heavy atom. The highest BCUT2D eigenvalue weighted by Crippen LogP contribution is 2.44. The van der Waals surface area contributed by atoms with Gasteiger partial charge < -0.3 is 4.90 Å². The molecule has 0 bridgehead atoms. The highest BCUT2D eigenvalue weighted by atomic mass is 32.1. The van der Waals surface area contributed by atoms with E-state index in [1.807, 2.05) is 11.3 Å². The predicted molar refractivity (Wildman–Crippen MR) is 243 cm³/mol. The minimum Gasteiger partial charge on any atom is -0.310 e. The van der Waals surface area contributed by atoms with Gasteiger partial charge in [0.05, 0.1) is 0 Å². The van der Waals surface area contributed by atoms with E-state index < -0.39 is 0 Å². The molecule has 1 aromatic heterocycles. The fourth-order valence-corrected chi connectivity index (χ4v) is 9.67. The van der Waals surface area contributed by atoms with E-state index in [-0.39, 0.29) is 0 Å². The first-order chi connectivity index (χ1) is 27.7. The Balaban J connectivity index is 1.08. The third-order valence-corrected chi connectivity index (χ3v) is 12.3. The molecule has 1 nitrogen and oxygen atoms in total. The van der Waals surface area contributed by atoms with E-state index in [2.05, 4.69) is 217 Å². The molecule has 0 spiro atoms. The van der Waals surface area contributed by atoms with Gasteiger partial charge in [0.1, 0.15) is 0 Å². The Kier molecular flexibility index (Phi) is 7.75. The van der Waals surface area contributed by atoms with Crippen molar-refractivity contribution in [2.75, 3.05) is 4.90 Å². The molecule has 11 rings (SSSR count). The second kappa shape index (κ2) is 13.4. The van der Waals surface area contributed by atoms with Crippen LogP contribution in [-0.2, 0) is 0 Å². The summed E-state index contributed by atoms with van der Waals surface area (Å²) in [5.74, 6) is 0. The van der Waals surface area contributed by atoms with Gasteiger partial charge >= 0.3 is 0 Å². The van der Waals surface area contributed by atoms with E-state index in [0.29, 0.717) is 0 Å². The summed E-state index contributed by atoms with van der Waals surface area (Å²) in [6, 6.07) is 77.8. The van der Waals surface area contributed by atoms with E-state index in [1.54, 1.807) is 0 Å². The highest BCUT2D eigenvalue weighted by Gasteiger charge is 2.18. The molecule has 0 saturated carbocycles. The van der Waals surface area contributed by atoms with Gasteiger partial charge in [0.2, 0.25) is 0 Å². The van der Waals surface area contributed by atoms with Crippen LogP contribution in [0.25, 0.3) is 85.9 Å². The highest BCUT2D eigenvalue weighted by molar-refractivity contribution is 7.25. The lowest BCUT2D eigenvalue weighted by atomic mass is 9.89. The lowest BCUT2D eigenvalue weighted by molar-refractivity contribution is 1.29. The lowest BCUT2D eigenvalue weighted by Gasteiger charge is -2.27. The zero-order valence-corrected chi connectivity index (χ0v) is 31.4. The summed E-state index contributed by atoms with van der Waals surface area (Å²) in [7, 11) is 0. The molecule has 1 heterocycles. The minimum absolute atomic E-state index is 1.11. The molecule has 0 aliphatic carbocycles. The van der Waals surface area contributed by atoms with E-state index >= 15 is 0 Å². The smallest absolute Gasteiger partial charge is 0.0468 e. The van der Waals surface area contributed by atoms with Crippen molar-refractivity contribution in [3.8, 4) is 33.4 Å². The molecule has 0 amide bonds. The largest absolute Gasteiger partial charge is 0.310 e. The van der Waals surface area contributed by atoms with Crippen LogP contribution in [0, 0.1) is 0 Å². The van der Waals surface area contributed by atoms with Crippen molar-refractivity contribution in [3.05, 3.63) is 212 Å². The van der Waals surface area contributed by atoms with Crippen LogP contribution in [0.4, 0.5) is 17.1 Å². The molecular formula is C54H35NS. The van der Waals surface area contributed by atoms with Crippen molar-refractivity contribution in [3.63, 3.8) is 0 Å². The summed E-state index contributed by atoms with van der Waals surface area (Å²) in [4.78, 5) is 2.40. The van der Waals surface area contributed by atoms with Crippen LogP contribution in [0.2, 0.25) is 0 Å². The summed E-state index contributed by atoms with van der Waals surface area (Å²) in [5.41, 5.74) is 10.6. The quantitative estimate of drug-likeness (QED) is 0.154. The minimum atomic E-state index is 1.11. The zero-order chi connectivity index (χ0) is 37.0. The molecule has 0 N–H and O–H groups in total. The summed E-state index contributed by atoms with van der Waals surface area (Å²) in [6.07, 6.45) is 0. The molecule has 0 radical (unpaired) electrons. The normalized spacial score (nSPS) is 11.6. The van der Waals surface area contributed by atoms with Crippen molar-refractivity contribution in [2.24, 2.45) is 0 Å². The van der Waals surface area contributed by atoms with Crippen LogP contribution in [0.3, 0.4) is 0 Å². The topological polar surface area (TPSA) is 3.24 Å². The van der Waals surface area contributed by atoms with Crippen molar-refractivity contribution in [1.82, 2.24) is 0 Å². The second-order valence-corrected chi connectivity index (χ2v) is 15.6. The summed E-state index contributed by atoms with van der Waals surface area (Å²) in [6.45, 7) is 0. The number of anilines is 3. The van der Waals surface area contributed by atoms with Crippen molar-refractivity contribution in [1.29, 1.82) is 0 Å². The molecule has 56 heavy (non-hydrogen) atoms. The van der Waals surface area contributed by atoms with E-state index in [1.165, 1.54) is 85.9 Å². The van der Waals surface area contributed by atoms with Gasteiger partial charge in [-0.25, -0.2) is 0 Å². The number of rotatable bonds is 6. The van der Waals surface area contributed by atoms with Gasteiger partial charge in [0, 0.05) is 37.2 Å². The monoisotopic (exact) mass is 729 g/mol. The Hall–Kier alpha value is -7.00. The maximum atomic E-state index is 2.40. The Morgan fingerprint density at radius 2 is 0.911 bits per heavy atom. The molecule has 0 saturated heterocycles. The average Bonchev–Trinajstić information content (AvgIpc) is 3.63. The first-order valence-corrected chi connectivity index (χ1v) is 20.0. The van der Waals surface area contributed by atoms with E-state index in [4.69, 9.17) is 0 Å². The number of nitrogens with zero attached hydrogens (tertiary/aromatic N) is 1. The molecule has 2 heteroatoms. The van der Waals surface area contributed by atoms with Gasteiger partial charge in [0.15, 0.2) is 0 Å². The number of fused-ring (bicyclic) bond motifs is 7. The van der Waals surface area contributed by atoms with Gasteiger partial charge in [0.25, 0.3) is 0 Å². The average molecular weight is 730 g/mol. The van der Waals surface area contributed by atoms with E-state index in [0.717, 1.165) is 17.1 Å². The maximum absolute atomic E-state index is 2.40. The third kappa shape index (κ3) is 5.54. The first-order valence-electron chi connectivity index (χ1n) is 19.2. The van der Waals surface area contributed by atoms with Crippen LogP contribution in [0.5, 0.6) is 0 Å².